The molecule has 2 aromatic carbocycles. The highest BCUT2D eigenvalue weighted by atomic mass is 35.5. The number of amides is 3. The molecule has 28 heavy (non-hydrogen) atoms. The van der Waals surface area contributed by atoms with Gasteiger partial charge in [0.15, 0.2) is 6.10 Å². The van der Waals surface area contributed by atoms with Crippen LogP contribution in [0, 0.1) is 6.92 Å². The van der Waals surface area contributed by atoms with Crippen LogP contribution in [0.1, 0.15) is 18.1 Å². The number of rotatable bonds is 7. The van der Waals surface area contributed by atoms with Crippen molar-refractivity contribution in [3.63, 3.8) is 0 Å². The Morgan fingerprint density at radius 2 is 1.82 bits per heavy atom. The third-order valence-corrected chi connectivity index (χ3v) is 4.24. The first-order valence-electron chi connectivity index (χ1n) is 8.63. The topological polar surface area (TPSA) is 111 Å². The van der Waals surface area contributed by atoms with Gasteiger partial charge in [0.05, 0.1) is 0 Å². The number of carbonyl (C=O) groups excluding carboxylic acids is 3. The van der Waals surface area contributed by atoms with Crippen molar-refractivity contribution in [1.82, 2.24) is 5.32 Å². The van der Waals surface area contributed by atoms with Crippen LogP contribution in [0.2, 0.25) is 5.02 Å². The van der Waals surface area contributed by atoms with Gasteiger partial charge in [0.25, 0.3) is 5.91 Å². The van der Waals surface area contributed by atoms with Crippen LogP contribution in [-0.2, 0) is 20.7 Å². The summed E-state index contributed by atoms with van der Waals surface area (Å²) in [5.41, 5.74) is 7.31. The minimum atomic E-state index is -1.08. The van der Waals surface area contributed by atoms with E-state index in [9.17, 15) is 14.4 Å². The van der Waals surface area contributed by atoms with Crippen LogP contribution in [0.15, 0.2) is 48.5 Å². The normalized spacial score (nSPS) is 12.5. The minimum absolute atomic E-state index is 0.185. The number of aryl methyl sites for hydroxylation is 1. The van der Waals surface area contributed by atoms with Crippen molar-refractivity contribution >= 4 is 35.2 Å². The Kier molecular flexibility index (Phi) is 7.40. The Morgan fingerprint density at radius 1 is 1.14 bits per heavy atom. The standard InChI is InChI=1S/C20H22ClN3O4/c1-12-8-9-15(21)11-16(12)23-18(25)13(2)28-19(26)17(24-20(22)27)10-14-6-4-3-5-7-14/h3-9,11,13,17H,10H2,1-2H3,(H,23,25)(H3,22,24,27)/t13-,17-/m0/s1. The zero-order valence-electron chi connectivity index (χ0n) is 15.6. The van der Waals surface area contributed by atoms with Gasteiger partial charge in [0, 0.05) is 17.1 Å². The van der Waals surface area contributed by atoms with Gasteiger partial charge in [-0.2, -0.15) is 0 Å². The molecular weight excluding hydrogens is 382 g/mol. The molecule has 0 aliphatic carbocycles. The fraction of sp³-hybridized carbons (Fsp3) is 0.250. The van der Waals surface area contributed by atoms with Crippen molar-refractivity contribution < 1.29 is 19.1 Å². The molecule has 3 amide bonds. The molecule has 0 saturated heterocycles. The molecule has 8 heteroatoms. The van der Waals surface area contributed by atoms with Gasteiger partial charge >= 0.3 is 12.0 Å². The second-order valence-electron chi connectivity index (χ2n) is 6.28. The van der Waals surface area contributed by atoms with Crippen LogP contribution in [-0.4, -0.2) is 30.1 Å². The van der Waals surface area contributed by atoms with Crippen molar-refractivity contribution in [3.8, 4) is 0 Å². The van der Waals surface area contributed by atoms with Gasteiger partial charge < -0.3 is 21.1 Å². The van der Waals surface area contributed by atoms with E-state index in [2.05, 4.69) is 10.6 Å². The number of carbonyl (C=O) groups is 3. The molecular formula is C20H22ClN3O4. The van der Waals surface area contributed by atoms with Gasteiger partial charge in [-0.05, 0) is 37.1 Å². The van der Waals surface area contributed by atoms with Crippen molar-refractivity contribution in [2.45, 2.75) is 32.4 Å². The lowest BCUT2D eigenvalue weighted by atomic mass is 10.1. The zero-order valence-corrected chi connectivity index (χ0v) is 16.3. The number of benzene rings is 2. The molecule has 4 N–H and O–H groups in total. The van der Waals surface area contributed by atoms with Crippen LogP contribution < -0.4 is 16.4 Å². The third kappa shape index (κ3) is 6.28. The van der Waals surface area contributed by atoms with E-state index < -0.39 is 30.1 Å². The highest BCUT2D eigenvalue weighted by Crippen LogP contribution is 2.20. The predicted octanol–water partition coefficient (Wildman–Crippen LogP) is 2.80. The number of urea groups is 1. The second kappa shape index (κ2) is 9.75. The Labute approximate surface area is 168 Å². The van der Waals surface area contributed by atoms with Gasteiger partial charge in [0.1, 0.15) is 6.04 Å². The molecule has 0 bridgehead atoms. The summed E-state index contributed by atoms with van der Waals surface area (Å²) in [5.74, 6) is -1.27. The van der Waals surface area contributed by atoms with E-state index in [4.69, 9.17) is 22.1 Å². The molecule has 2 atom stereocenters. The fourth-order valence-electron chi connectivity index (χ4n) is 2.49. The summed E-state index contributed by atoms with van der Waals surface area (Å²) in [4.78, 5) is 36.1. The summed E-state index contributed by atoms with van der Waals surface area (Å²) in [6.07, 6.45) is -0.900. The van der Waals surface area contributed by atoms with Gasteiger partial charge in [-0.15, -0.1) is 0 Å². The lowest BCUT2D eigenvalue weighted by Gasteiger charge is -2.20. The highest BCUT2D eigenvalue weighted by Gasteiger charge is 2.26. The van der Waals surface area contributed by atoms with Crippen molar-refractivity contribution in [3.05, 3.63) is 64.7 Å². The van der Waals surface area contributed by atoms with Gasteiger partial charge in [-0.1, -0.05) is 48.0 Å². The molecule has 0 heterocycles. The number of hydrogen-bond acceptors (Lipinski definition) is 4. The molecule has 0 unspecified atom stereocenters. The summed E-state index contributed by atoms with van der Waals surface area (Å²) in [5, 5.41) is 5.50. The summed E-state index contributed by atoms with van der Waals surface area (Å²) < 4.78 is 5.24. The van der Waals surface area contributed by atoms with Crippen LogP contribution >= 0.6 is 11.6 Å². The maximum atomic E-state index is 12.5. The van der Waals surface area contributed by atoms with E-state index in [0.29, 0.717) is 10.7 Å². The number of esters is 1. The van der Waals surface area contributed by atoms with Crippen molar-refractivity contribution in [2.24, 2.45) is 5.73 Å². The summed E-state index contributed by atoms with van der Waals surface area (Å²) >= 11 is 5.94. The first-order valence-corrected chi connectivity index (χ1v) is 9.01. The first kappa shape index (κ1) is 21.2. The lowest BCUT2D eigenvalue weighted by molar-refractivity contribution is -0.155. The molecule has 7 nitrogen and oxygen atoms in total. The lowest BCUT2D eigenvalue weighted by Crippen LogP contribution is -2.47. The van der Waals surface area contributed by atoms with E-state index in [1.165, 1.54) is 6.92 Å². The average molecular weight is 404 g/mol. The van der Waals surface area contributed by atoms with Gasteiger partial charge in [-0.3, -0.25) is 4.79 Å². The molecule has 2 rings (SSSR count). The van der Waals surface area contributed by atoms with E-state index in [1.807, 2.05) is 25.1 Å². The van der Waals surface area contributed by atoms with Gasteiger partial charge in [0.2, 0.25) is 0 Å². The van der Waals surface area contributed by atoms with Crippen LogP contribution in [0.3, 0.4) is 0 Å². The Balaban J connectivity index is 2.03. The van der Waals surface area contributed by atoms with E-state index in [0.717, 1.165) is 11.1 Å². The molecule has 0 saturated carbocycles. The predicted molar refractivity (Wildman–Crippen MR) is 107 cm³/mol. The number of primary amides is 1. The first-order chi connectivity index (χ1) is 13.3. The maximum Gasteiger partial charge on any atom is 0.329 e. The molecule has 0 aromatic heterocycles. The van der Waals surface area contributed by atoms with E-state index in [1.54, 1.807) is 30.3 Å². The summed E-state index contributed by atoms with van der Waals surface area (Å²) in [7, 11) is 0. The molecule has 0 radical (unpaired) electrons. The Hall–Kier alpha value is -3.06. The van der Waals surface area contributed by atoms with Crippen molar-refractivity contribution in [2.75, 3.05) is 5.32 Å². The number of nitrogens with two attached hydrogens (primary N) is 1. The molecule has 0 aliphatic heterocycles. The minimum Gasteiger partial charge on any atom is -0.451 e. The fourth-order valence-corrected chi connectivity index (χ4v) is 2.66. The number of hydrogen-bond donors (Lipinski definition) is 3. The molecule has 148 valence electrons. The highest BCUT2D eigenvalue weighted by molar-refractivity contribution is 6.31. The van der Waals surface area contributed by atoms with Crippen molar-refractivity contribution in [1.29, 1.82) is 0 Å². The zero-order chi connectivity index (χ0) is 20.7. The monoisotopic (exact) mass is 403 g/mol. The Bertz CT molecular complexity index is 858. The maximum absolute atomic E-state index is 12.5. The summed E-state index contributed by atoms with van der Waals surface area (Å²) in [6.45, 7) is 3.26. The van der Waals surface area contributed by atoms with Crippen LogP contribution in [0.5, 0.6) is 0 Å². The van der Waals surface area contributed by atoms with E-state index >= 15 is 0 Å². The average Bonchev–Trinajstić information content (AvgIpc) is 2.64. The summed E-state index contributed by atoms with van der Waals surface area (Å²) in [6, 6.07) is 12.3. The number of anilines is 1. The number of nitrogens with one attached hydrogen (secondary N) is 2. The quantitative estimate of drug-likeness (QED) is 0.617. The molecule has 2 aromatic rings. The van der Waals surface area contributed by atoms with E-state index in [-0.39, 0.29) is 6.42 Å². The molecule has 0 spiro atoms. The van der Waals surface area contributed by atoms with Gasteiger partial charge in [-0.25, -0.2) is 9.59 Å². The smallest absolute Gasteiger partial charge is 0.329 e. The Morgan fingerprint density at radius 3 is 2.46 bits per heavy atom. The number of ether oxygens (including phenoxy) is 1. The largest absolute Gasteiger partial charge is 0.451 e. The molecule has 0 fully saturated rings. The SMILES string of the molecule is Cc1ccc(Cl)cc1NC(=O)[C@H](C)OC(=O)[C@H](Cc1ccccc1)NC(N)=O. The van der Waals surface area contributed by atoms with Crippen LogP contribution in [0.4, 0.5) is 10.5 Å². The third-order valence-electron chi connectivity index (χ3n) is 4.00. The second-order valence-corrected chi connectivity index (χ2v) is 6.71. The number of halogens is 1. The van der Waals surface area contributed by atoms with Crippen LogP contribution in [0.25, 0.3) is 0 Å². The molecule has 0 aliphatic rings.